The molecule has 1 aromatic rings. The van der Waals surface area contributed by atoms with Crippen LogP contribution in [0.4, 0.5) is 0 Å². The molecule has 5 heteroatoms. The highest BCUT2D eigenvalue weighted by atomic mass is 28.4. The molecule has 1 heterocycles. The largest absolute Gasteiger partial charge is 0.408 e. The molecule has 1 fully saturated rings. The highest BCUT2D eigenvalue weighted by molar-refractivity contribution is 6.74. The third-order valence-corrected chi connectivity index (χ3v) is 12.4. The lowest BCUT2D eigenvalue weighted by atomic mass is 10.1. The molecular formula is C33H57NO3Si. The molecule has 0 radical (unpaired) electrons. The molecule has 0 N–H and O–H groups in total. The van der Waals surface area contributed by atoms with Gasteiger partial charge in [0.2, 0.25) is 0 Å². The Hall–Kier alpha value is -1.27. The van der Waals surface area contributed by atoms with Gasteiger partial charge in [0, 0.05) is 6.21 Å². The van der Waals surface area contributed by atoms with E-state index >= 15 is 0 Å². The average molecular weight is 544 g/mol. The Labute approximate surface area is 235 Å². The third-order valence-electron chi connectivity index (χ3n) is 7.89. The first kappa shape index (κ1) is 32.9. The Morgan fingerprint density at radius 3 is 2.16 bits per heavy atom. The molecule has 0 bridgehead atoms. The van der Waals surface area contributed by atoms with E-state index in [4.69, 9.17) is 18.9 Å². The summed E-state index contributed by atoms with van der Waals surface area (Å²) in [6.45, 7) is 18.4. The molecule has 0 unspecified atom stereocenters. The summed E-state index contributed by atoms with van der Waals surface area (Å²) in [4.78, 5) is 4.73. The van der Waals surface area contributed by atoms with E-state index in [1.54, 1.807) is 0 Å². The first-order valence-corrected chi connectivity index (χ1v) is 18.1. The normalized spacial score (nSPS) is 21.1. The van der Waals surface area contributed by atoms with E-state index in [2.05, 4.69) is 65.1 Å². The summed E-state index contributed by atoms with van der Waals surface area (Å²) in [6.07, 6.45) is 19.1. The maximum atomic E-state index is 6.95. The van der Waals surface area contributed by atoms with E-state index in [0.717, 1.165) is 6.42 Å². The van der Waals surface area contributed by atoms with E-state index in [1.165, 1.54) is 63.4 Å². The number of nitrogens with zero attached hydrogens (tertiary/aromatic N) is 1. The highest BCUT2D eigenvalue weighted by Gasteiger charge is 2.47. The van der Waals surface area contributed by atoms with Gasteiger partial charge in [0.05, 0.1) is 12.6 Å². The molecule has 4 nitrogen and oxygen atoms in total. The van der Waals surface area contributed by atoms with Crippen LogP contribution in [0.5, 0.6) is 0 Å². The summed E-state index contributed by atoms with van der Waals surface area (Å²) in [6, 6.07) is 10.3. The second-order valence-corrected chi connectivity index (χ2v) is 17.7. The monoisotopic (exact) mass is 543 g/mol. The summed E-state index contributed by atoms with van der Waals surface area (Å²) in [5, 5.41) is 0.113. The zero-order valence-corrected chi connectivity index (χ0v) is 26.8. The van der Waals surface area contributed by atoms with Gasteiger partial charge in [-0.15, -0.1) is 0 Å². The smallest absolute Gasteiger partial charge is 0.193 e. The average Bonchev–Trinajstić information content (AvgIpc) is 3.15. The number of rotatable bonds is 17. The predicted octanol–water partition coefficient (Wildman–Crippen LogP) is 9.64. The Morgan fingerprint density at radius 1 is 0.947 bits per heavy atom. The van der Waals surface area contributed by atoms with Crippen LogP contribution in [-0.2, 0) is 20.4 Å². The van der Waals surface area contributed by atoms with Crippen molar-refractivity contribution >= 4 is 14.5 Å². The van der Waals surface area contributed by atoms with Crippen molar-refractivity contribution in [3.05, 3.63) is 48.0 Å². The first-order valence-electron chi connectivity index (χ1n) is 15.2. The number of hydrogen-bond acceptors (Lipinski definition) is 4. The molecule has 0 aliphatic carbocycles. The van der Waals surface area contributed by atoms with E-state index in [-0.39, 0.29) is 23.4 Å². The molecule has 0 spiro atoms. The van der Waals surface area contributed by atoms with Crippen LogP contribution in [0.25, 0.3) is 0 Å². The van der Waals surface area contributed by atoms with Gasteiger partial charge in [0.1, 0.15) is 12.2 Å². The lowest BCUT2D eigenvalue weighted by Crippen LogP contribution is -2.48. The number of unbranched alkanes of at least 4 members (excludes halogenated alkanes) is 9. The summed E-state index contributed by atoms with van der Waals surface area (Å²) in [5.41, 5.74) is 1.19. The molecule has 0 amide bonds. The zero-order valence-electron chi connectivity index (χ0n) is 25.8. The number of aliphatic imine (C=N–C) groups is 1. The molecule has 0 aromatic heterocycles. The highest BCUT2D eigenvalue weighted by Crippen LogP contribution is 2.40. The lowest BCUT2D eigenvalue weighted by molar-refractivity contribution is -0.148. The molecule has 1 aliphatic rings. The minimum Gasteiger partial charge on any atom is -0.408 e. The van der Waals surface area contributed by atoms with Crippen molar-refractivity contribution in [1.29, 1.82) is 0 Å². The van der Waals surface area contributed by atoms with Crippen LogP contribution in [0.2, 0.25) is 18.1 Å². The van der Waals surface area contributed by atoms with Gasteiger partial charge in [-0.05, 0) is 50.4 Å². The zero-order chi connectivity index (χ0) is 28.1. The van der Waals surface area contributed by atoms with E-state index < -0.39 is 14.1 Å². The number of ether oxygens (including phenoxy) is 2. The van der Waals surface area contributed by atoms with Crippen molar-refractivity contribution in [2.24, 2.45) is 4.99 Å². The van der Waals surface area contributed by atoms with Crippen molar-refractivity contribution in [3.63, 3.8) is 0 Å². The number of benzene rings is 1. The van der Waals surface area contributed by atoms with Gasteiger partial charge in [0.25, 0.3) is 0 Å². The van der Waals surface area contributed by atoms with Gasteiger partial charge in [-0.2, -0.15) is 0 Å². The van der Waals surface area contributed by atoms with Crippen LogP contribution in [0.1, 0.15) is 111 Å². The second kappa shape index (κ2) is 16.1. The molecule has 3 atom stereocenters. The summed E-state index contributed by atoms with van der Waals surface area (Å²) < 4.78 is 19.7. The van der Waals surface area contributed by atoms with E-state index in [0.29, 0.717) is 6.54 Å². The molecule has 2 rings (SSSR count). The van der Waals surface area contributed by atoms with Crippen LogP contribution in [0.15, 0.2) is 47.5 Å². The van der Waals surface area contributed by atoms with Crippen LogP contribution in [0.3, 0.4) is 0 Å². The van der Waals surface area contributed by atoms with Crippen molar-refractivity contribution in [3.8, 4) is 0 Å². The molecule has 1 saturated heterocycles. The van der Waals surface area contributed by atoms with Crippen LogP contribution in [-0.4, -0.2) is 38.6 Å². The van der Waals surface area contributed by atoms with Crippen molar-refractivity contribution in [1.82, 2.24) is 0 Å². The summed E-state index contributed by atoms with van der Waals surface area (Å²) >= 11 is 0. The van der Waals surface area contributed by atoms with Gasteiger partial charge >= 0.3 is 0 Å². The molecule has 38 heavy (non-hydrogen) atoms. The Morgan fingerprint density at radius 2 is 1.55 bits per heavy atom. The number of hydrogen-bond donors (Lipinski definition) is 0. The maximum Gasteiger partial charge on any atom is 0.193 e. The van der Waals surface area contributed by atoms with Gasteiger partial charge in [-0.3, -0.25) is 4.99 Å². The van der Waals surface area contributed by atoms with Gasteiger partial charge in [-0.1, -0.05) is 122 Å². The maximum absolute atomic E-state index is 6.95. The Bertz CT molecular complexity index is 828. The van der Waals surface area contributed by atoms with Crippen molar-refractivity contribution in [2.75, 3.05) is 0 Å². The molecule has 0 saturated carbocycles. The van der Waals surface area contributed by atoms with E-state index in [1.807, 2.05) is 38.3 Å². The van der Waals surface area contributed by atoms with Gasteiger partial charge in [-0.25, -0.2) is 0 Å². The Kier molecular flexibility index (Phi) is 14.0. The molecule has 1 aromatic carbocycles. The van der Waals surface area contributed by atoms with Crippen LogP contribution < -0.4 is 0 Å². The minimum atomic E-state index is -2.03. The SMILES string of the molecule is CCCCCCCCCCC/C=C\[C@@H](O[Si](C)(C)C(C)(C)C)[C@H]1OC(C)(C)O[C@H]1C=NCc1ccccc1. The van der Waals surface area contributed by atoms with Crippen LogP contribution in [0, 0.1) is 0 Å². The van der Waals surface area contributed by atoms with Gasteiger partial charge in [0.15, 0.2) is 14.1 Å². The summed E-state index contributed by atoms with van der Waals surface area (Å²) in [5.74, 6) is -0.673. The fraction of sp³-hybridized carbons (Fsp3) is 0.727. The fourth-order valence-corrected chi connectivity index (χ4v) is 5.81. The molecule has 1 aliphatic heterocycles. The molecular weight excluding hydrogens is 486 g/mol. The molecule has 216 valence electrons. The van der Waals surface area contributed by atoms with Crippen LogP contribution >= 0.6 is 0 Å². The number of allylic oxidation sites excluding steroid dienone is 1. The Balaban J connectivity index is 2.02. The van der Waals surface area contributed by atoms with Crippen molar-refractivity contribution in [2.45, 2.75) is 155 Å². The summed E-state index contributed by atoms with van der Waals surface area (Å²) in [7, 11) is -2.03. The van der Waals surface area contributed by atoms with E-state index in [9.17, 15) is 0 Å². The first-order chi connectivity index (χ1) is 18.0. The third kappa shape index (κ3) is 11.9. The topological polar surface area (TPSA) is 40.0 Å². The minimum absolute atomic E-state index is 0.113. The predicted molar refractivity (Wildman–Crippen MR) is 166 cm³/mol. The quantitative estimate of drug-likeness (QED) is 0.0849. The standard InChI is InChI=1S/C33H57NO3Si/c1-9-10-11-12-13-14-15-16-17-18-22-25-29(37-38(7,8)32(2,3)4)31-30(35-33(5,6)36-31)27-34-26-28-23-20-19-21-24-28/h19-25,27,29-31H,9-18,26H2,1-8H3/b25-22-,34-27?/t29-,30+,31-/m1/s1. The van der Waals surface area contributed by atoms with Gasteiger partial charge < -0.3 is 13.9 Å². The van der Waals surface area contributed by atoms with Crippen molar-refractivity contribution < 1.29 is 13.9 Å². The second-order valence-electron chi connectivity index (χ2n) is 12.9. The lowest BCUT2D eigenvalue weighted by Gasteiger charge is -2.40. The fourth-order valence-electron chi connectivity index (χ4n) is 4.57.